The summed E-state index contributed by atoms with van der Waals surface area (Å²) in [4.78, 5) is 15.8. The number of halogens is 4. The Labute approximate surface area is 150 Å². The molecule has 0 bridgehead atoms. The monoisotopic (exact) mass is 384 g/mol. The average molecular weight is 385 g/mol. The van der Waals surface area contributed by atoms with E-state index in [-0.39, 0.29) is 11.4 Å². The second kappa shape index (κ2) is 6.65. The Balaban J connectivity index is 2.04. The Morgan fingerprint density at radius 2 is 2.00 bits per heavy atom. The number of alkyl halides is 3. The lowest BCUT2D eigenvalue weighted by molar-refractivity contribution is -0.137. The summed E-state index contributed by atoms with van der Waals surface area (Å²) in [5.41, 5.74) is 0.632. The molecule has 0 aliphatic heterocycles. The first kappa shape index (κ1) is 17.7. The van der Waals surface area contributed by atoms with E-state index in [0.29, 0.717) is 32.4 Å². The van der Waals surface area contributed by atoms with E-state index in [2.05, 4.69) is 10.3 Å². The number of benzene rings is 2. The molecule has 25 heavy (non-hydrogen) atoms. The van der Waals surface area contributed by atoms with Crippen molar-refractivity contribution in [1.82, 2.24) is 4.98 Å². The van der Waals surface area contributed by atoms with Gasteiger partial charge in [0.1, 0.15) is 5.01 Å². The highest BCUT2D eigenvalue weighted by Gasteiger charge is 2.30. The molecule has 3 rings (SSSR count). The van der Waals surface area contributed by atoms with Crippen molar-refractivity contribution in [3.63, 3.8) is 0 Å². The number of nitrogens with zero attached hydrogens (tertiary/aromatic N) is 1. The van der Waals surface area contributed by atoms with Crippen molar-refractivity contribution in [2.75, 3.05) is 5.32 Å². The Bertz CT molecular complexity index is 953. The molecule has 0 atom stereocenters. The van der Waals surface area contributed by atoms with Crippen molar-refractivity contribution >= 4 is 44.7 Å². The Kier molecular flexibility index (Phi) is 4.71. The third kappa shape index (κ3) is 3.77. The zero-order valence-corrected chi connectivity index (χ0v) is 14.5. The third-order valence-electron chi connectivity index (χ3n) is 3.52. The summed E-state index contributed by atoms with van der Waals surface area (Å²) in [5.74, 6) is -0.146. The van der Waals surface area contributed by atoms with E-state index in [1.165, 1.54) is 17.4 Å². The zero-order valence-electron chi connectivity index (χ0n) is 12.9. The van der Waals surface area contributed by atoms with Crippen molar-refractivity contribution < 1.29 is 18.0 Å². The van der Waals surface area contributed by atoms with Gasteiger partial charge in [-0.15, -0.1) is 11.3 Å². The number of aromatic nitrogens is 1. The van der Waals surface area contributed by atoms with Crippen molar-refractivity contribution in [3.8, 4) is 10.6 Å². The van der Waals surface area contributed by atoms with E-state index < -0.39 is 11.7 Å². The van der Waals surface area contributed by atoms with E-state index in [1.54, 1.807) is 25.1 Å². The molecule has 8 heteroatoms. The van der Waals surface area contributed by atoms with Gasteiger partial charge in [-0.05, 0) is 36.4 Å². The predicted molar refractivity (Wildman–Crippen MR) is 94.0 cm³/mol. The van der Waals surface area contributed by atoms with Gasteiger partial charge in [-0.3, -0.25) is 4.79 Å². The largest absolute Gasteiger partial charge is 0.416 e. The fraction of sp³-hybridized carbons (Fsp3) is 0.176. The van der Waals surface area contributed by atoms with Gasteiger partial charge in [-0.1, -0.05) is 18.5 Å². The molecule has 0 saturated carbocycles. The summed E-state index contributed by atoms with van der Waals surface area (Å²) in [6.07, 6.45) is -4.08. The van der Waals surface area contributed by atoms with Crippen LogP contribution in [-0.2, 0) is 11.0 Å². The van der Waals surface area contributed by atoms with Crippen LogP contribution in [0, 0.1) is 0 Å². The van der Waals surface area contributed by atoms with Gasteiger partial charge >= 0.3 is 6.18 Å². The molecule has 1 heterocycles. The lowest BCUT2D eigenvalue weighted by Gasteiger charge is -2.06. The molecule has 0 unspecified atom stereocenters. The summed E-state index contributed by atoms with van der Waals surface area (Å²) in [7, 11) is 0. The molecule has 0 fully saturated rings. The van der Waals surface area contributed by atoms with Crippen LogP contribution in [0.3, 0.4) is 0 Å². The number of thiazole rings is 1. The number of carbonyl (C=O) groups is 1. The SMILES string of the molecule is CCC(=O)Nc1ccc(Cl)c(-c2nc3cc(C(F)(F)F)ccc3s2)c1. The van der Waals surface area contributed by atoms with Crippen LogP contribution in [0.15, 0.2) is 36.4 Å². The molecule has 1 amide bonds. The Morgan fingerprint density at radius 1 is 1.24 bits per heavy atom. The van der Waals surface area contributed by atoms with Crippen LogP contribution in [0.5, 0.6) is 0 Å². The van der Waals surface area contributed by atoms with E-state index >= 15 is 0 Å². The van der Waals surface area contributed by atoms with Crippen molar-refractivity contribution in [2.24, 2.45) is 0 Å². The number of fused-ring (bicyclic) bond motifs is 1. The second-order valence-corrected chi connectivity index (χ2v) is 6.73. The number of hydrogen-bond donors (Lipinski definition) is 1. The normalized spacial score (nSPS) is 11.7. The highest BCUT2D eigenvalue weighted by molar-refractivity contribution is 7.21. The molecule has 1 aromatic heterocycles. The molecule has 3 aromatic rings. The van der Waals surface area contributed by atoms with Crippen LogP contribution in [0.4, 0.5) is 18.9 Å². The minimum absolute atomic E-state index is 0.146. The highest BCUT2D eigenvalue weighted by Crippen LogP contribution is 2.38. The van der Waals surface area contributed by atoms with E-state index in [9.17, 15) is 18.0 Å². The molecular weight excluding hydrogens is 373 g/mol. The Morgan fingerprint density at radius 3 is 2.68 bits per heavy atom. The molecule has 0 aliphatic carbocycles. The molecule has 0 spiro atoms. The number of carbonyl (C=O) groups excluding carboxylic acids is 1. The Hall–Kier alpha value is -2.12. The molecule has 3 nitrogen and oxygen atoms in total. The van der Waals surface area contributed by atoms with Gasteiger partial charge in [0.05, 0.1) is 20.8 Å². The van der Waals surface area contributed by atoms with Crippen LogP contribution in [-0.4, -0.2) is 10.9 Å². The topological polar surface area (TPSA) is 42.0 Å². The first-order valence-electron chi connectivity index (χ1n) is 7.35. The van der Waals surface area contributed by atoms with Gasteiger partial charge in [-0.25, -0.2) is 4.98 Å². The van der Waals surface area contributed by atoms with Crippen molar-refractivity contribution in [2.45, 2.75) is 19.5 Å². The molecular formula is C17H12ClF3N2OS. The summed E-state index contributed by atoms with van der Waals surface area (Å²) in [6.45, 7) is 1.73. The lowest BCUT2D eigenvalue weighted by atomic mass is 10.2. The molecule has 0 saturated heterocycles. The van der Waals surface area contributed by atoms with Crippen LogP contribution in [0.2, 0.25) is 5.02 Å². The number of nitrogens with one attached hydrogen (secondary N) is 1. The van der Waals surface area contributed by atoms with Gasteiger partial charge in [-0.2, -0.15) is 13.2 Å². The van der Waals surface area contributed by atoms with Gasteiger partial charge in [0.2, 0.25) is 5.91 Å². The lowest BCUT2D eigenvalue weighted by Crippen LogP contribution is -2.09. The van der Waals surface area contributed by atoms with Gasteiger partial charge in [0, 0.05) is 17.7 Å². The first-order chi connectivity index (χ1) is 11.8. The standard InChI is InChI=1S/C17H12ClF3N2OS/c1-2-15(24)22-10-4-5-12(18)11(8-10)16-23-13-7-9(17(19,20)21)3-6-14(13)25-16/h3-8H,2H2,1H3,(H,22,24). The number of rotatable bonds is 3. The first-order valence-corrected chi connectivity index (χ1v) is 8.55. The number of amides is 1. The fourth-order valence-electron chi connectivity index (χ4n) is 2.24. The number of anilines is 1. The minimum atomic E-state index is -4.42. The van der Waals surface area contributed by atoms with Crippen molar-refractivity contribution in [1.29, 1.82) is 0 Å². The smallest absolute Gasteiger partial charge is 0.326 e. The quantitative estimate of drug-likeness (QED) is 0.603. The third-order valence-corrected chi connectivity index (χ3v) is 4.92. The zero-order chi connectivity index (χ0) is 18.2. The summed E-state index contributed by atoms with van der Waals surface area (Å²) in [6, 6.07) is 8.40. The maximum Gasteiger partial charge on any atom is 0.416 e. The van der Waals surface area contributed by atoms with Gasteiger partial charge < -0.3 is 5.32 Å². The molecule has 0 aliphatic rings. The summed E-state index contributed by atoms with van der Waals surface area (Å²) in [5, 5.41) is 3.62. The number of hydrogen-bond acceptors (Lipinski definition) is 3. The van der Waals surface area contributed by atoms with Gasteiger partial charge in [0.15, 0.2) is 0 Å². The maximum absolute atomic E-state index is 12.8. The second-order valence-electron chi connectivity index (χ2n) is 5.30. The summed E-state index contributed by atoms with van der Waals surface area (Å²) >= 11 is 7.45. The molecule has 0 radical (unpaired) electrons. The van der Waals surface area contributed by atoms with E-state index in [1.807, 2.05) is 0 Å². The maximum atomic E-state index is 12.8. The fourth-order valence-corrected chi connectivity index (χ4v) is 3.47. The van der Waals surface area contributed by atoms with Crippen LogP contribution >= 0.6 is 22.9 Å². The van der Waals surface area contributed by atoms with E-state index in [4.69, 9.17) is 11.6 Å². The minimum Gasteiger partial charge on any atom is -0.326 e. The predicted octanol–water partition coefficient (Wildman–Crippen LogP) is 5.98. The summed E-state index contributed by atoms with van der Waals surface area (Å²) < 4.78 is 39.1. The average Bonchev–Trinajstić information content (AvgIpc) is 2.98. The molecule has 2 aromatic carbocycles. The van der Waals surface area contributed by atoms with Crippen molar-refractivity contribution in [3.05, 3.63) is 47.0 Å². The molecule has 1 N–H and O–H groups in total. The highest BCUT2D eigenvalue weighted by atomic mass is 35.5. The molecule has 130 valence electrons. The van der Waals surface area contributed by atoms with E-state index in [0.717, 1.165) is 12.1 Å². The van der Waals surface area contributed by atoms with Crippen LogP contribution in [0.1, 0.15) is 18.9 Å². The van der Waals surface area contributed by atoms with Crippen LogP contribution in [0.25, 0.3) is 20.8 Å². The van der Waals surface area contributed by atoms with Gasteiger partial charge in [0.25, 0.3) is 0 Å². The van der Waals surface area contributed by atoms with Crippen LogP contribution < -0.4 is 5.32 Å².